The molecule has 0 saturated heterocycles. The number of benzene rings is 2. The average Bonchev–Trinajstić information content (AvgIpc) is 2.42. The molecule has 8 heteroatoms. The average molecular weight is 387 g/mol. The second-order valence-electron chi connectivity index (χ2n) is 4.11. The fourth-order valence-electron chi connectivity index (χ4n) is 1.64. The van der Waals surface area contributed by atoms with Crippen LogP contribution in [0.3, 0.4) is 0 Å². The molecule has 0 aliphatic carbocycles. The second kappa shape index (κ2) is 5.93. The van der Waals surface area contributed by atoms with Gasteiger partial charge in [0.25, 0.3) is 10.0 Å². The molecule has 0 bridgehead atoms. The summed E-state index contributed by atoms with van der Waals surface area (Å²) in [6, 6.07) is 10.8. The number of nitrogen functional groups attached to an aromatic ring is 1. The van der Waals surface area contributed by atoms with E-state index in [-0.39, 0.29) is 25.8 Å². The summed E-state index contributed by atoms with van der Waals surface area (Å²) in [5.74, 6) is 0. The van der Waals surface area contributed by atoms with Crippen molar-refractivity contribution < 1.29 is 8.42 Å². The van der Waals surface area contributed by atoms with Gasteiger partial charge in [-0.25, -0.2) is 8.42 Å². The van der Waals surface area contributed by atoms with Gasteiger partial charge in [0.15, 0.2) is 0 Å². The number of rotatable bonds is 3. The lowest BCUT2D eigenvalue weighted by atomic mass is 10.2. The predicted octanol–water partition coefficient (Wildman–Crippen LogP) is 3.36. The molecule has 0 aliphatic heterocycles. The molecule has 0 aliphatic rings. The number of nitrogens with one attached hydrogen (secondary N) is 1. The number of hydrogen-bond donors (Lipinski definition) is 2. The molecule has 0 amide bonds. The highest BCUT2D eigenvalue weighted by atomic mass is 79.9. The molecular weight excluding hydrogens is 378 g/mol. The summed E-state index contributed by atoms with van der Waals surface area (Å²) in [5.41, 5.74) is 6.53. The maximum atomic E-state index is 12.4. The first-order valence-corrected chi connectivity index (χ1v) is 8.26. The number of hydrogen-bond acceptors (Lipinski definition) is 4. The summed E-state index contributed by atoms with van der Waals surface area (Å²) >= 11 is 8.98. The standard InChI is InChI=1S/C13H9BrClN3O2S/c14-13-11(17)5-9(15)6-12(13)21(19,20)18-10-3-1-2-8(4-10)7-16/h1-6,18H,17H2. The van der Waals surface area contributed by atoms with Gasteiger partial charge in [-0.3, -0.25) is 4.72 Å². The van der Waals surface area contributed by atoms with Crippen molar-refractivity contribution in [2.24, 2.45) is 0 Å². The third kappa shape index (κ3) is 3.47. The lowest BCUT2D eigenvalue weighted by Crippen LogP contribution is -2.14. The van der Waals surface area contributed by atoms with Gasteiger partial charge < -0.3 is 5.73 Å². The molecule has 0 atom stereocenters. The van der Waals surface area contributed by atoms with Gasteiger partial charge in [0.1, 0.15) is 4.90 Å². The van der Waals surface area contributed by atoms with Crippen molar-refractivity contribution in [2.45, 2.75) is 4.90 Å². The van der Waals surface area contributed by atoms with Crippen LogP contribution in [-0.4, -0.2) is 8.42 Å². The summed E-state index contributed by atoms with van der Waals surface area (Å²) in [7, 11) is -3.88. The Balaban J connectivity index is 2.46. The van der Waals surface area contributed by atoms with Crippen molar-refractivity contribution in [3.63, 3.8) is 0 Å². The van der Waals surface area contributed by atoms with Crippen LogP contribution in [0, 0.1) is 11.3 Å². The number of nitrogens with two attached hydrogens (primary N) is 1. The molecule has 0 spiro atoms. The zero-order valence-electron chi connectivity index (χ0n) is 10.5. The van der Waals surface area contributed by atoms with Crippen molar-refractivity contribution in [1.82, 2.24) is 0 Å². The van der Waals surface area contributed by atoms with Crippen LogP contribution >= 0.6 is 27.5 Å². The molecule has 0 fully saturated rings. The lowest BCUT2D eigenvalue weighted by Gasteiger charge is -2.11. The first kappa shape index (κ1) is 15.6. The quantitative estimate of drug-likeness (QED) is 0.791. The monoisotopic (exact) mass is 385 g/mol. The van der Waals surface area contributed by atoms with Crippen LogP contribution in [0.2, 0.25) is 5.02 Å². The first-order chi connectivity index (χ1) is 9.83. The van der Waals surface area contributed by atoms with Crippen molar-refractivity contribution in [3.8, 4) is 6.07 Å². The van der Waals surface area contributed by atoms with Crippen molar-refractivity contribution >= 4 is 48.9 Å². The van der Waals surface area contributed by atoms with Crippen LogP contribution < -0.4 is 10.5 Å². The molecule has 5 nitrogen and oxygen atoms in total. The fourth-order valence-corrected chi connectivity index (χ4v) is 3.99. The molecular formula is C13H9BrClN3O2S. The van der Waals surface area contributed by atoms with Crippen LogP contribution in [0.25, 0.3) is 0 Å². The van der Waals surface area contributed by atoms with Gasteiger partial charge >= 0.3 is 0 Å². The lowest BCUT2D eigenvalue weighted by molar-refractivity contribution is 0.601. The van der Waals surface area contributed by atoms with Gasteiger partial charge in [-0.15, -0.1) is 0 Å². The Morgan fingerprint density at radius 1 is 1.29 bits per heavy atom. The molecule has 0 heterocycles. The number of nitrogens with zero attached hydrogens (tertiary/aromatic N) is 1. The van der Waals surface area contributed by atoms with E-state index < -0.39 is 10.0 Å². The molecule has 0 saturated carbocycles. The Labute approximate surface area is 135 Å². The van der Waals surface area contributed by atoms with E-state index in [0.717, 1.165) is 0 Å². The molecule has 0 radical (unpaired) electrons. The van der Waals surface area contributed by atoms with Crippen molar-refractivity contribution in [2.75, 3.05) is 10.5 Å². The highest BCUT2D eigenvalue weighted by Gasteiger charge is 2.20. The minimum Gasteiger partial charge on any atom is -0.398 e. The topological polar surface area (TPSA) is 96.0 Å². The Morgan fingerprint density at radius 3 is 2.67 bits per heavy atom. The smallest absolute Gasteiger partial charge is 0.263 e. The van der Waals surface area contributed by atoms with E-state index in [1.54, 1.807) is 18.2 Å². The maximum Gasteiger partial charge on any atom is 0.263 e. The van der Waals surface area contributed by atoms with Crippen LogP contribution in [0.5, 0.6) is 0 Å². The first-order valence-electron chi connectivity index (χ1n) is 5.61. The third-order valence-electron chi connectivity index (χ3n) is 2.57. The molecule has 3 N–H and O–H groups in total. The third-order valence-corrected chi connectivity index (χ3v) is 5.34. The van der Waals surface area contributed by atoms with Crippen LogP contribution in [-0.2, 0) is 10.0 Å². The minimum atomic E-state index is -3.88. The van der Waals surface area contributed by atoms with Crippen LogP contribution in [0.1, 0.15) is 5.56 Å². The van der Waals surface area contributed by atoms with Crippen molar-refractivity contribution in [3.05, 3.63) is 51.5 Å². The minimum absolute atomic E-state index is 0.0742. The van der Waals surface area contributed by atoms with Crippen molar-refractivity contribution in [1.29, 1.82) is 5.26 Å². The van der Waals surface area contributed by atoms with Gasteiger partial charge in [0, 0.05) is 10.7 Å². The van der Waals surface area contributed by atoms with Crippen LogP contribution in [0.15, 0.2) is 45.8 Å². The number of sulfonamides is 1. The zero-order valence-corrected chi connectivity index (χ0v) is 13.6. The normalized spacial score (nSPS) is 10.9. The Hall–Kier alpha value is -1.75. The summed E-state index contributed by atoms with van der Waals surface area (Å²) < 4.78 is 27.4. The Kier molecular flexibility index (Phi) is 4.42. The van der Waals surface area contributed by atoms with Gasteiger partial charge in [0.05, 0.1) is 21.8 Å². The van der Waals surface area contributed by atoms with E-state index in [0.29, 0.717) is 5.56 Å². The molecule has 0 aromatic heterocycles. The van der Waals surface area contributed by atoms with Gasteiger partial charge in [-0.1, -0.05) is 17.7 Å². The Morgan fingerprint density at radius 2 is 2.00 bits per heavy atom. The summed E-state index contributed by atoms with van der Waals surface area (Å²) in [4.78, 5) is -0.0742. The van der Waals surface area contributed by atoms with Gasteiger partial charge in [-0.05, 0) is 46.3 Å². The fraction of sp³-hybridized carbons (Fsp3) is 0. The van der Waals surface area contributed by atoms with Gasteiger partial charge in [0.2, 0.25) is 0 Å². The molecule has 108 valence electrons. The van der Waals surface area contributed by atoms with E-state index >= 15 is 0 Å². The van der Waals surface area contributed by atoms with E-state index in [2.05, 4.69) is 20.7 Å². The van der Waals surface area contributed by atoms with E-state index in [9.17, 15) is 8.42 Å². The van der Waals surface area contributed by atoms with Crippen LogP contribution in [0.4, 0.5) is 11.4 Å². The summed E-state index contributed by atoms with van der Waals surface area (Å²) in [6.07, 6.45) is 0. The molecule has 2 aromatic carbocycles. The zero-order chi connectivity index (χ0) is 15.6. The predicted molar refractivity (Wildman–Crippen MR) is 85.5 cm³/mol. The summed E-state index contributed by atoms with van der Waals surface area (Å²) in [6.45, 7) is 0. The van der Waals surface area contributed by atoms with E-state index in [1.807, 2.05) is 6.07 Å². The Bertz CT molecular complexity index is 847. The highest BCUT2D eigenvalue weighted by Crippen LogP contribution is 2.32. The number of halogens is 2. The second-order valence-corrected chi connectivity index (χ2v) is 6.99. The summed E-state index contributed by atoms with van der Waals surface area (Å²) in [5, 5.41) is 9.04. The molecule has 0 unspecified atom stereocenters. The molecule has 2 aromatic rings. The maximum absolute atomic E-state index is 12.4. The van der Waals surface area contributed by atoms with E-state index in [1.165, 1.54) is 18.2 Å². The SMILES string of the molecule is N#Cc1cccc(NS(=O)(=O)c2cc(Cl)cc(N)c2Br)c1. The number of nitriles is 1. The molecule has 2 rings (SSSR count). The number of anilines is 2. The van der Waals surface area contributed by atoms with E-state index in [4.69, 9.17) is 22.6 Å². The molecule has 21 heavy (non-hydrogen) atoms. The van der Waals surface area contributed by atoms with Gasteiger partial charge in [-0.2, -0.15) is 5.26 Å². The largest absolute Gasteiger partial charge is 0.398 e. The highest BCUT2D eigenvalue weighted by molar-refractivity contribution is 9.10.